The van der Waals surface area contributed by atoms with Crippen LogP contribution in [-0.2, 0) is 4.79 Å². The van der Waals surface area contributed by atoms with Crippen LogP contribution in [0.15, 0.2) is 24.4 Å². The fourth-order valence-electron chi connectivity index (χ4n) is 2.90. The van der Waals surface area contributed by atoms with Gasteiger partial charge in [-0.1, -0.05) is 0 Å². The predicted octanol–water partition coefficient (Wildman–Crippen LogP) is 1.35. The minimum absolute atomic E-state index is 0.0480. The van der Waals surface area contributed by atoms with Crippen LogP contribution in [0.25, 0.3) is 10.9 Å². The summed E-state index contributed by atoms with van der Waals surface area (Å²) in [6.07, 6.45) is 3.48. The Hall–Kier alpha value is -2.21. The second-order valence-electron chi connectivity index (χ2n) is 5.90. The van der Waals surface area contributed by atoms with Gasteiger partial charge in [-0.3, -0.25) is 19.6 Å². The van der Waals surface area contributed by atoms with Crippen LogP contribution in [0.5, 0.6) is 0 Å². The summed E-state index contributed by atoms with van der Waals surface area (Å²) < 4.78 is 0. The van der Waals surface area contributed by atoms with E-state index in [0.717, 1.165) is 36.8 Å². The maximum Gasteiger partial charge on any atom is 0.251 e. The molecule has 0 aliphatic carbocycles. The van der Waals surface area contributed by atoms with Gasteiger partial charge in [-0.15, -0.1) is 0 Å². The number of hydrogen-bond acceptors (Lipinski definition) is 4. The summed E-state index contributed by atoms with van der Waals surface area (Å²) >= 11 is 0. The zero-order valence-corrected chi connectivity index (χ0v) is 12.6. The Balaban J connectivity index is 1.57. The van der Waals surface area contributed by atoms with Crippen LogP contribution < -0.4 is 5.32 Å². The Bertz CT molecular complexity index is 686. The Morgan fingerprint density at radius 1 is 1.36 bits per heavy atom. The first-order chi connectivity index (χ1) is 10.6. The van der Waals surface area contributed by atoms with Crippen molar-refractivity contribution in [2.24, 2.45) is 0 Å². The van der Waals surface area contributed by atoms with Gasteiger partial charge in [-0.2, -0.15) is 5.10 Å². The first-order valence-corrected chi connectivity index (χ1v) is 7.57. The number of aromatic nitrogens is 2. The molecule has 2 heterocycles. The third-order valence-corrected chi connectivity index (χ3v) is 4.07. The highest BCUT2D eigenvalue weighted by Crippen LogP contribution is 2.15. The van der Waals surface area contributed by atoms with Crippen molar-refractivity contribution in [1.82, 2.24) is 20.4 Å². The molecule has 22 heavy (non-hydrogen) atoms. The van der Waals surface area contributed by atoms with E-state index >= 15 is 0 Å². The summed E-state index contributed by atoms with van der Waals surface area (Å²) in [6, 6.07) is 5.70. The number of Topliss-reactive ketones (excluding diaryl/α,β-unsaturated/α-hetero) is 1. The monoisotopic (exact) mass is 300 g/mol. The fraction of sp³-hybridized carbons (Fsp3) is 0.438. The number of nitrogens with one attached hydrogen (secondary N) is 2. The van der Waals surface area contributed by atoms with Gasteiger partial charge in [0, 0.05) is 30.1 Å². The molecule has 1 aromatic carbocycles. The van der Waals surface area contributed by atoms with Gasteiger partial charge < -0.3 is 5.32 Å². The number of carbonyl (C=O) groups is 2. The standard InChI is InChI=1S/C16H20N4O2/c1-11(21)10-20-6-4-14(5-7-20)18-16(22)12-2-3-15-13(8-12)9-17-19-15/h2-3,8-9,14H,4-7,10H2,1H3,(H,17,19)(H,18,22). The van der Waals surface area contributed by atoms with Gasteiger partial charge in [0.15, 0.2) is 0 Å². The number of benzene rings is 1. The van der Waals surface area contributed by atoms with Crippen LogP contribution in [0.4, 0.5) is 0 Å². The predicted molar refractivity (Wildman–Crippen MR) is 83.7 cm³/mol. The van der Waals surface area contributed by atoms with E-state index in [1.54, 1.807) is 19.2 Å². The number of aromatic amines is 1. The second kappa shape index (κ2) is 6.27. The SMILES string of the molecule is CC(=O)CN1CCC(NC(=O)c2ccc3[nH]ncc3c2)CC1. The van der Waals surface area contributed by atoms with Crippen LogP contribution >= 0.6 is 0 Å². The number of fused-ring (bicyclic) bond motifs is 1. The number of piperidine rings is 1. The van der Waals surface area contributed by atoms with Crippen molar-refractivity contribution in [3.8, 4) is 0 Å². The molecule has 0 bridgehead atoms. The van der Waals surface area contributed by atoms with Crippen molar-refractivity contribution in [2.75, 3.05) is 19.6 Å². The molecular formula is C16H20N4O2. The number of likely N-dealkylation sites (tertiary alicyclic amines) is 1. The minimum Gasteiger partial charge on any atom is -0.349 e. The van der Waals surface area contributed by atoms with E-state index in [2.05, 4.69) is 20.4 Å². The summed E-state index contributed by atoms with van der Waals surface area (Å²) in [5.41, 5.74) is 1.58. The third-order valence-electron chi connectivity index (χ3n) is 4.07. The van der Waals surface area contributed by atoms with Crippen molar-refractivity contribution in [3.05, 3.63) is 30.0 Å². The molecular weight excluding hydrogens is 280 g/mol. The molecule has 1 aliphatic heterocycles. The zero-order chi connectivity index (χ0) is 15.5. The minimum atomic E-state index is -0.0480. The van der Waals surface area contributed by atoms with Crippen LogP contribution in [0, 0.1) is 0 Å². The summed E-state index contributed by atoms with van der Waals surface area (Å²) in [6.45, 7) is 3.83. The molecule has 3 rings (SSSR count). The largest absolute Gasteiger partial charge is 0.349 e. The van der Waals surface area contributed by atoms with Gasteiger partial charge in [-0.25, -0.2) is 0 Å². The number of amides is 1. The van der Waals surface area contributed by atoms with Crippen LogP contribution in [0.1, 0.15) is 30.1 Å². The highest BCUT2D eigenvalue weighted by Gasteiger charge is 2.21. The number of H-pyrrole nitrogens is 1. The Morgan fingerprint density at radius 3 is 2.86 bits per heavy atom. The molecule has 1 aromatic heterocycles. The van der Waals surface area contributed by atoms with Crippen LogP contribution in [-0.4, -0.2) is 52.5 Å². The van der Waals surface area contributed by atoms with Crippen LogP contribution in [0.3, 0.4) is 0 Å². The maximum absolute atomic E-state index is 12.3. The van der Waals surface area contributed by atoms with E-state index in [1.807, 2.05) is 12.1 Å². The normalized spacial score (nSPS) is 16.8. The molecule has 6 heteroatoms. The zero-order valence-electron chi connectivity index (χ0n) is 12.6. The van der Waals surface area contributed by atoms with Gasteiger partial charge in [0.1, 0.15) is 5.78 Å². The van der Waals surface area contributed by atoms with Crippen molar-refractivity contribution < 1.29 is 9.59 Å². The van der Waals surface area contributed by atoms with Crippen molar-refractivity contribution in [3.63, 3.8) is 0 Å². The summed E-state index contributed by atoms with van der Waals surface area (Å²) in [5, 5.41) is 10.9. The molecule has 1 aliphatic rings. The number of carbonyl (C=O) groups excluding carboxylic acids is 2. The van der Waals surface area contributed by atoms with Crippen LogP contribution in [0.2, 0.25) is 0 Å². The lowest BCUT2D eigenvalue weighted by atomic mass is 10.0. The maximum atomic E-state index is 12.3. The van der Waals surface area contributed by atoms with E-state index in [1.165, 1.54) is 0 Å². The number of nitrogens with zero attached hydrogens (tertiary/aromatic N) is 2. The second-order valence-corrected chi connectivity index (χ2v) is 5.90. The molecule has 116 valence electrons. The van der Waals surface area contributed by atoms with E-state index in [-0.39, 0.29) is 17.7 Å². The first-order valence-electron chi connectivity index (χ1n) is 7.57. The molecule has 1 saturated heterocycles. The molecule has 1 amide bonds. The average Bonchev–Trinajstić information content (AvgIpc) is 2.96. The number of rotatable bonds is 4. The van der Waals surface area contributed by atoms with E-state index < -0.39 is 0 Å². The molecule has 2 N–H and O–H groups in total. The average molecular weight is 300 g/mol. The van der Waals surface area contributed by atoms with E-state index in [0.29, 0.717) is 12.1 Å². The topological polar surface area (TPSA) is 78.1 Å². The molecule has 0 unspecified atom stereocenters. The van der Waals surface area contributed by atoms with Gasteiger partial charge in [0.2, 0.25) is 0 Å². The Kier molecular flexibility index (Phi) is 4.20. The third kappa shape index (κ3) is 3.33. The van der Waals surface area contributed by atoms with Gasteiger partial charge in [0.25, 0.3) is 5.91 Å². The highest BCUT2D eigenvalue weighted by molar-refractivity contribution is 5.98. The quantitative estimate of drug-likeness (QED) is 0.893. The van der Waals surface area contributed by atoms with Crippen molar-refractivity contribution in [1.29, 1.82) is 0 Å². The van der Waals surface area contributed by atoms with Gasteiger partial charge in [0.05, 0.1) is 18.3 Å². The van der Waals surface area contributed by atoms with E-state index in [9.17, 15) is 9.59 Å². The molecule has 6 nitrogen and oxygen atoms in total. The number of ketones is 1. The fourth-order valence-corrected chi connectivity index (χ4v) is 2.90. The van der Waals surface area contributed by atoms with Gasteiger partial charge >= 0.3 is 0 Å². The molecule has 0 saturated carbocycles. The molecule has 0 spiro atoms. The first kappa shape index (κ1) is 14.7. The lowest BCUT2D eigenvalue weighted by Crippen LogP contribution is -2.45. The van der Waals surface area contributed by atoms with E-state index in [4.69, 9.17) is 0 Å². The molecule has 1 fully saturated rings. The lowest BCUT2D eigenvalue weighted by molar-refractivity contribution is -0.118. The smallest absolute Gasteiger partial charge is 0.251 e. The molecule has 0 radical (unpaired) electrons. The Morgan fingerprint density at radius 2 is 2.14 bits per heavy atom. The van der Waals surface area contributed by atoms with Crippen molar-refractivity contribution in [2.45, 2.75) is 25.8 Å². The number of hydrogen-bond donors (Lipinski definition) is 2. The summed E-state index contributed by atoms with van der Waals surface area (Å²) in [4.78, 5) is 25.6. The highest BCUT2D eigenvalue weighted by atomic mass is 16.1. The van der Waals surface area contributed by atoms with Crippen molar-refractivity contribution >= 4 is 22.6 Å². The molecule has 2 aromatic rings. The summed E-state index contributed by atoms with van der Waals surface area (Å²) in [5.74, 6) is 0.143. The van der Waals surface area contributed by atoms with Gasteiger partial charge in [-0.05, 0) is 38.0 Å². The lowest BCUT2D eigenvalue weighted by Gasteiger charge is -2.31. The summed E-state index contributed by atoms with van der Waals surface area (Å²) in [7, 11) is 0. The Labute approximate surface area is 128 Å². The molecule has 0 atom stereocenters.